The van der Waals surface area contributed by atoms with Gasteiger partial charge < -0.3 is 4.98 Å². The minimum atomic E-state index is -0.409. The van der Waals surface area contributed by atoms with Crippen molar-refractivity contribution in [1.82, 2.24) is 19.9 Å². The summed E-state index contributed by atoms with van der Waals surface area (Å²) in [6.45, 7) is 0. The summed E-state index contributed by atoms with van der Waals surface area (Å²) in [6.07, 6.45) is 1.78. The van der Waals surface area contributed by atoms with Gasteiger partial charge in [0.25, 0.3) is 0 Å². The largest absolute Gasteiger partial charge is 0.359 e. The lowest BCUT2D eigenvalue weighted by Crippen LogP contribution is -2.14. The smallest absolute Gasteiger partial charge is 0.348 e. The molecular formula is C13H10N4O. The number of hydrogen-bond acceptors (Lipinski definition) is 3. The van der Waals surface area contributed by atoms with Crippen LogP contribution in [0.4, 0.5) is 0 Å². The molecule has 0 unspecified atom stereocenters. The molecule has 0 saturated carbocycles. The zero-order chi connectivity index (χ0) is 12.4. The molecule has 0 aliphatic carbocycles. The van der Waals surface area contributed by atoms with Crippen LogP contribution in [0.3, 0.4) is 0 Å². The van der Waals surface area contributed by atoms with Gasteiger partial charge in [0.1, 0.15) is 0 Å². The van der Waals surface area contributed by atoms with E-state index < -0.39 is 5.69 Å². The Morgan fingerprint density at radius 3 is 2.50 bits per heavy atom. The van der Waals surface area contributed by atoms with Crippen molar-refractivity contribution >= 4 is 0 Å². The summed E-state index contributed by atoms with van der Waals surface area (Å²) >= 11 is 0. The van der Waals surface area contributed by atoms with E-state index in [1.165, 1.54) is 0 Å². The van der Waals surface area contributed by atoms with E-state index in [9.17, 15) is 4.79 Å². The lowest BCUT2D eigenvalue weighted by molar-refractivity contribution is 0.997. The molecule has 5 nitrogen and oxygen atoms in total. The van der Waals surface area contributed by atoms with E-state index in [0.717, 1.165) is 11.3 Å². The molecule has 0 fully saturated rings. The van der Waals surface area contributed by atoms with Crippen molar-refractivity contribution in [1.29, 1.82) is 0 Å². The van der Waals surface area contributed by atoms with Crippen LogP contribution in [-0.4, -0.2) is 19.9 Å². The summed E-state index contributed by atoms with van der Waals surface area (Å²) in [5, 5.41) is 0. The van der Waals surface area contributed by atoms with Gasteiger partial charge in [0.05, 0.1) is 5.69 Å². The number of aromatic amines is 2. The molecule has 3 aromatic rings. The Morgan fingerprint density at radius 1 is 0.944 bits per heavy atom. The fraction of sp³-hybridized carbons (Fsp3) is 0. The predicted octanol–water partition coefficient (Wildman–Crippen LogP) is 1.83. The van der Waals surface area contributed by atoms with Gasteiger partial charge in [-0.3, -0.25) is 4.98 Å². The predicted molar refractivity (Wildman–Crippen MR) is 67.9 cm³/mol. The fourth-order valence-electron chi connectivity index (χ4n) is 1.71. The lowest BCUT2D eigenvalue weighted by Gasteiger charge is -2.01. The summed E-state index contributed by atoms with van der Waals surface area (Å²) in [5.41, 5.74) is 1.16. The Labute approximate surface area is 103 Å². The molecule has 0 saturated heterocycles. The molecule has 0 atom stereocenters. The number of nitrogens with zero attached hydrogens (tertiary/aromatic N) is 2. The quantitative estimate of drug-likeness (QED) is 0.715. The number of rotatable bonds is 2. The SMILES string of the molecule is O=c1nc(-c2ccccc2)nc(-c2ccc[nH]2)[nH]1. The Balaban J connectivity index is 2.15. The fourth-order valence-corrected chi connectivity index (χ4v) is 1.71. The Bertz CT molecular complexity index is 701. The highest BCUT2D eigenvalue weighted by molar-refractivity contribution is 5.58. The molecule has 2 aromatic heterocycles. The van der Waals surface area contributed by atoms with Crippen molar-refractivity contribution in [3.05, 3.63) is 59.1 Å². The maximum absolute atomic E-state index is 11.6. The second-order valence-electron chi connectivity index (χ2n) is 3.78. The molecule has 3 rings (SSSR count). The van der Waals surface area contributed by atoms with Gasteiger partial charge in [0.2, 0.25) is 0 Å². The zero-order valence-corrected chi connectivity index (χ0v) is 9.42. The molecular weight excluding hydrogens is 228 g/mol. The highest BCUT2D eigenvalue weighted by Crippen LogP contribution is 2.15. The van der Waals surface area contributed by atoms with Crippen molar-refractivity contribution in [3.8, 4) is 22.9 Å². The standard InChI is InChI=1S/C13H10N4O/c18-13-16-11(9-5-2-1-3-6-9)15-12(17-13)10-7-4-8-14-10/h1-8,14H,(H,15,16,17,18). The van der Waals surface area contributed by atoms with E-state index in [2.05, 4.69) is 19.9 Å². The maximum atomic E-state index is 11.6. The van der Waals surface area contributed by atoms with Crippen molar-refractivity contribution in [2.45, 2.75) is 0 Å². The third-order valence-electron chi connectivity index (χ3n) is 2.54. The monoisotopic (exact) mass is 238 g/mol. The van der Waals surface area contributed by atoms with E-state index in [1.807, 2.05) is 42.5 Å². The molecule has 0 radical (unpaired) electrons. The lowest BCUT2D eigenvalue weighted by atomic mass is 10.2. The summed E-state index contributed by atoms with van der Waals surface area (Å²) in [6, 6.07) is 13.1. The number of benzene rings is 1. The number of nitrogens with one attached hydrogen (secondary N) is 2. The second kappa shape index (κ2) is 4.29. The molecule has 0 aliphatic rings. The average molecular weight is 238 g/mol. The van der Waals surface area contributed by atoms with Gasteiger partial charge in [-0.2, -0.15) is 4.98 Å². The molecule has 0 spiro atoms. The van der Waals surface area contributed by atoms with Gasteiger partial charge in [-0.15, -0.1) is 0 Å². The minimum absolute atomic E-state index is 0.409. The molecule has 88 valence electrons. The topological polar surface area (TPSA) is 74.4 Å². The maximum Gasteiger partial charge on any atom is 0.348 e. The Morgan fingerprint density at radius 2 is 1.78 bits per heavy atom. The van der Waals surface area contributed by atoms with E-state index in [0.29, 0.717) is 11.6 Å². The van der Waals surface area contributed by atoms with Crippen LogP contribution >= 0.6 is 0 Å². The number of hydrogen-bond donors (Lipinski definition) is 2. The van der Waals surface area contributed by atoms with Gasteiger partial charge in [-0.25, -0.2) is 9.78 Å². The molecule has 18 heavy (non-hydrogen) atoms. The average Bonchev–Trinajstić information content (AvgIpc) is 2.93. The van der Waals surface area contributed by atoms with E-state index >= 15 is 0 Å². The summed E-state index contributed by atoms with van der Waals surface area (Å²) < 4.78 is 0. The highest BCUT2D eigenvalue weighted by Gasteiger charge is 2.07. The first-order valence-electron chi connectivity index (χ1n) is 5.50. The molecule has 0 aliphatic heterocycles. The normalized spacial score (nSPS) is 10.4. The minimum Gasteiger partial charge on any atom is -0.359 e. The Hall–Kier alpha value is -2.69. The van der Waals surface area contributed by atoms with Crippen LogP contribution in [-0.2, 0) is 0 Å². The Kier molecular flexibility index (Phi) is 2.49. The molecule has 0 amide bonds. The summed E-state index contributed by atoms with van der Waals surface area (Å²) in [7, 11) is 0. The van der Waals surface area contributed by atoms with Crippen LogP contribution in [0.2, 0.25) is 0 Å². The third kappa shape index (κ3) is 1.93. The van der Waals surface area contributed by atoms with Gasteiger partial charge in [-0.1, -0.05) is 30.3 Å². The summed E-state index contributed by atoms with van der Waals surface area (Å²) in [5.74, 6) is 0.905. The first-order valence-corrected chi connectivity index (χ1v) is 5.50. The molecule has 2 heterocycles. The van der Waals surface area contributed by atoms with Crippen molar-refractivity contribution in [3.63, 3.8) is 0 Å². The second-order valence-corrected chi connectivity index (χ2v) is 3.78. The van der Waals surface area contributed by atoms with Crippen LogP contribution in [0.15, 0.2) is 53.5 Å². The van der Waals surface area contributed by atoms with E-state index in [-0.39, 0.29) is 0 Å². The van der Waals surface area contributed by atoms with Crippen LogP contribution < -0.4 is 5.69 Å². The van der Waals surface area contributed by atoms with E-state index in [1.54, 1.807) is 6.20 Å². The van der Waals surface area contributed by atoms with Gasteiger partial charge in [0.15, 0.2) is 11.6 Å². The van der Waals surface area contributed by atoms with Crippen molar-refractivity contribution < 1.29 is 0 Å². The van der Waals surface area contributed by atoms with Crippen molar-refractivity contribution in [2.75, 3.05) is 0 Å². The van der Waals surface area contributed by atoms with Gasteiger partial charge >= 0.3 is 5.69 Å². The first-order chi connectivity index (χ1) is 8.83. The molecule has 1 aromatic carbocycles. The van der Waals surface area contributed by atoms with Gasteiger partial charge in [-0.05, 0) is 12.1 Å². The molecule has 5 heteroatoms. The van der Waals surface area contributed by atoms with Crippen molar-refractivity contribution in [2.24, 2.45) is 0 Å². The first kappa shape index (κ1) is 10.5. The van der Waals surface area contributed by atoms with Crippen LogP contribution in [0.25, 0.3) is 22.9 Å². The highest BCUT2D eigenvalue weighted by atomic mass is 16.1. The third-order valence-corrected chi connectivity index (χ3v) is 2.54. The van der Waals surface area contributed by atoms with Gasteiger partial charge in [0, 0.05) is 11.8 Å². The zero-order valence-electron chi connectivity index (χ0n) is 9.42. The molecule has 2 N–H and O–H groups in total. The number of aromatic nitrogens is 4. The van der Waals surface area contributed by atoms with Crippen LogP contribution in [0, 0.1) is 0 Å². The van der Waals surface area contributed by atoms with Crippen LogP contribution in [0.5, 0.6) is 0 Å². The number of H-pyrrole nitrogens is 2. The van der Waals surface area contributed by atoms with Crippen LogP contribution in [0.1, 0.15) is 0 Å². The molecule has 0 bridgehead atoms. The summed E-state index contributed by atoms with van der Waals surface area (Å²) in [4.78, 5) is 25.4. The van der Waals surface area contributed by atoms with E-state index in [4.69, 9.17) is 0 Å².